The number of benzene rings is 1. The van der Waals surface area contributed by atoms with Crippen LogP contribution < -0.4 is 19.5 Å². The number of methoxy groups -OCH3 is 1. The summed E-state index contributed by atoms with van der Waals surface area (Å²) >= 11 is 1.93. The highest BCUT2D eigenvalue weighted by atomic mass is 32.2. The second kappa shape index (κ2) is 4.90. The highest BCUT2D eigenvalue weighted by Crippen LogP contribution is 2.45. The maximum absolute atomic E-state index is 5.46. The first-order chi connectivity index (χ1) is 8.81. The van der Waals surface area contributed by atoms with Crippen molar-refractivity contribution in [2.24, 2.45) is 0 Å². The maximum Gasteiger partial charge on any atom is 0.231 e. The number of fused-ring (bicyclic) bond motifs is 1. The summed E-state index contributed by atoms with van der Waals surface area (Å²) in [6.45, 7) is 2.48. The summed E-state index contributed by atoms with van der Waals surface area (Å²) in [5.74, 6) is 3.41. The SMILES string of the molecule is CCC1CSC(c2cc(OC)c3c(c2)OCO3)N1. The van der Waals surface area contributed by atoms with Crippen LogP contribution in [-0.4, -0.2) is 25.7 Å². The summed E-state index contributed by atoms with van der Waals surface area (Å²) < 4.78 is 16.2. The number of hydrogen-bond donors (Lipinski definition) is 1. The Morgan fingerprint density at radius 1 is 1.44 bits per heavy atom. The van der Waals surface area contributed by atoms with E-state index in [2.05, 4.69) is 12.2 Å². The van der Waals surface area contributed by atoms with Crippen LogP contribution in [0.5, 0.6) is 17.2 Å². The van der Waals surface area contributed by atoms with Crippen molar-refractivity contribution >= 4 is 11.8 Å². The van der Waals surface area contributed by atoms with Gasteiger partial charge in [0.15, 0.2) is 11.5 Å². The van der Waals surface area contributed by atoms with E-state index in [0.29, 0.717) is 11.4 Å². The Morgan fingerprint density at radius 3 is 3.06 bits per heavy atom. The maximum atomic E-state index is 5.46. The first-order valence-corrected chi connectivity index (χ1v) is 7.22. The summed E-state index contributed by atoms with van der Waals surface area (Å²) in [6, 6.07) is 4.68. The summed E-state index contributed by atoms with van der Waals surface area (Å²) in [5, 5.41) is 3.93. The van der Waals surface area contributed by atoms with Crippen LogP contribution in [0.25, 0.3) is 0 Å². The van der Waals surface area contributed by atoms with Gasteiger partial charge in [-0.1, -0.05) is 6.92 Å². The number of nitrogens with one attached hydrogen (secondary N) is 1. The van der Waals surface area contributed by atoms with Crippen LogP contribution >= 0.6 is 11.8 Å². The minimum absolute atomic E-state index is 0.276. The smallest absolute Gasteiger partial charge is 0.231 e. The lowest BCUT2D eigenvalue weighted by molar-refractivity contribution is 0.171. The molecule has 2 aliphatic rings. The van der Waals surface area contributed by atoms with Crippen molar-refractivity contribution in [1.29, 1.82) is 0 Å². The second-order valence-electron chi connectivity index (χ2n) is 4.44. The van der Waals surface area contributed by atoms with Crippen LogP contribution in [-0.2, 0) is 0 Å². The minimum atomic E-state index is 0.276. The Morgan fingerprint density at radius 2 is 2.33 bits per heavy atom. The molecule has 3 rings (SSSR count). The fourth-order valence-corrected chi connectivity index (χ4v) is 3.63. The normalized spacial score (nSPS) is 25.4. The number of ether oxygens (including phenoxy) is 3. The molecule has 0 spiro atoms. The largest absolute Gasteiger partial charge is 0.493 e. The van der Waals surface area contributed by atoms with E-state index in [9.17, 15) is 0 Å². The van der Waals surface area contributed by atoms with Gasteiger partial charge >= 0.3 is 0 Å². The van der Waals surface area contributed by atoms with Gasteiger partial charge in [-0.2, -0.15) is 0 Å². The first kappa shape index (κ1) is 12.0. The number of hydrogen-bond acceptors (Lipinski definition) is 5. The van der Waals surface area contributed by atoms with E-state index in [1.807, 2.05) is 23.9 Å². The van der Waals surface area contributed by atoms with E-state index >= 15 is 0 Å². The molecular weight excluding hydrogens is 250 g/mol. The lowest BCUT2D eigenvalue weighted by atomic mass is 10.1. The van der Waals surface area contributed by atoms with Gasteiger partial charge in [-0.25, -0.2) is 0 Å². The molecule has 2 aliphatic heterocycles. The van der Waals surface area contributed by atoms with Crippen molar-refractivity contribution in [1.82, 2.24) is 5.32 Å². The predicted molar refractivity (Wildman–Crippen MR) is 71.5 cm³/mol. The van der Waals surface area contributed by atoms with E-state index in [4.69, 9.17) is 14.2 Å². The Balaban J connectivity index is 1.89. The van der Waals surface area contributed by atoms with Gasteiger partial charge in [-0.3, -0.25) is 5.32 Å². The lowest BCUT2D eigenvalue weighted by Crippen LogP contribution is -2.24. The molecule has 0 radical (unpaired) electrons. The highest BCUT2D eigenvalue weighted by Gasteiger charge is 2.28. The zero-order chi connectivity index (χ0) is 12.5. The van der Waals surface area contributed by atoms with Gasteiger partial charge in [-0.05, 0) is 24.1 Å². The summed E-state index contributed by atoms with van der Waals surface area (Å²) in [4.78, 5) is 0. The second-order valence-corrected chi connectivity index (χ2v) is 5.58. The molecule has 1 saturated heterocycles. The van der Waals surface area contributed by atoms with Crippen molar-refractivity contribution in [3.63, 3.8) is 0 Å². The molecule has 0 aliphatic carbocycles. The Bertz CT molecular complexity index is 452. The van der Waals surface area contributed by atoms with E-state index in [1.165, 1.54) is 5.56 Å². The van der Waals surface area contributed by atoms with Gasteiger partial charge in [0.05, 0.1) is 12.5 Å². The molecule has 0 amide bonds. The average Bonchev–Trinajstić information content (AvgIpc) is 3.05. The quantitative estimate of drug-likeness (QED) is 0.911. The predicted octanol–water partition coefficient (Wildman–Crippen LogP) is 2.54. The van der Waals surface area contributed by atoms with E-state index in [-0.39, 0.29) is 6.79 Å². The average molecular weight is 267 g/mol. The summed E-state index contributed by atoms with van der Waals surface area (Å²) in [5.41, 5.74) is 1.19. The molecule has 0 aromatic heterocycles. The molecule has 0 bridgehead atoms. The van der Waals surface area contributed by atoms with Gasteiger partial charge in [0.25, 0.3) is 0 Å². The zero-order valence-corrected chi connectivity index (χ0v) is 11.4. The topological polar surface area (TPSA) is 39.7 Å². The molecule has 1 N–H and O–H groups in total. The fraction of sp³-hybridized carbons (Fsp3) is 0.538. The fourth-order valence-electron chi connectivity index (χ4n) is 2.25. The van der Waals surface area contributed by atoms with Crippen LogP contribution in [0, 0.1) is 0 Å². The standard InChI is InChI=1S/C13H17NO3S/c1-3-9-6-18-13(14-9)8-4-10(15-2)12-11(5-8)16-7-17-12/h4-5,9,13-14H,3,6-7H2,1-2H3. The van der Waals surface area contributed by atoms with E-state index < -0.39 is 0 Å². The van der Waals surface area contributed by atoms with Crippen molar-refractivity contribution in [3.05, 3.63) is 17.7 Å². The third-order valence-corrected chi connectivity index (χ3v) is 4.66. The molecule has 18 heavy (non-hydrogen) atoms. The van der Waals surface area contributed by atoms with Gasteiger partial charge < -0.3 is 14.2 Å². The molecule has 1 aromatic carbocycles. The van der Waals surface area contributed by atoms with Gasteiger partial charge in [0, 0.05) is 11.8 Å². The zero-order valence-electron chi connectivity index (χ0n) is 10.6. The van der Waals surface area contributed by atoms with Crippen LogP contribution in [0.4, 0.5) is 0 Å². The van der Waals surface area contributed by atoms with Crippen LogP contribution in [0.1, 0.15) is 24.3 Å². The van der Waals surface area contributed by atoms with Crippen LogP contribution in [0.3, 0.4) is 0 Å². The molecule has 2 heterocycles. The molecule has 5 heteroatoms. The summed E-state index contributed by atoms with van der Waals surface area (Å²) in [7, 11) is 1.66. The van der Waals surface area contributed by atoms with Gasteiger partial charge in [-0.15, -0.1) is 11.8 Å². The molecule has 2 unspecified atom stereocenters. The lowest BCUT2D eigenvalue weighted by Gasteiger charge is -2.14. The number of rotatable bonds is 3. The summed E-state index contributed by atoms with van der Waals surface area (Å²) in [6.07, 6.45) is 1.16. The van der Waals surface area contributed by atoms with Crippen molar-refractivity contribution in [3.8, 4) is 17.2 Å². The molecule has 1 aromatic rings. The third-order valence-electron chi connectivity index (χ3n) is 3.33. The minimum Gasteiger partial charge on any atom is -0.493 e. The van der Waals surface area contributed by atoms with Gasteiger partial charge in [0.1, 0.15) is 0 Å². The number of thioether (sulfide) groups is 1. The van der Waals surface area contributed by atoms with Crippen LogP contribution in [0.15, 0.2) is 12.1 Å². The monoisotopic (exact) mass is 267 g/mol. The Labute approximate surface area is 111 Å². The molecule has 4 nitrogen and oxygen atoms in total. The van der Waals surface area contributed by atoms with Crippen LogP contribution in [0.2, 0.25) is 0 Å². The molecular formula is C13H17NO3S. The molecule has 98 valence electrons. The van der Waals surface area contributed by atoms with Gasteiger partial charge in [0.2, 0.25) is 12.5 Å². The van der Waals surface area contributed by atoms with Crippen molar-refractivity contribution in [2.45, 2.75) is 24.8 Å². The molecule has 0 saturated carbocycles. The third kappa shape index (κ3) is 2.01. The van der Waals surface area contributed by atoms with E-state index in [1.54, 1.807) is 7.11 Å². The highest BCUT2D eigenvalue weighted by molar-refractivity contribution is 7.99. The Hall–Kier alpha value is -1.07. The van der Waals surface area contributed by atoms with E-state index in [0.717, 1.165) is 29.4 Å². The molecule has 2 atom stereocenters. The van der Waals surface area contributed by atoms with Crippen molar-refractivity contribution in [2.75, 3.05) is 19.7 Å². The first-order valence-electron chi connectivity index (χ1n) is 6.17. The Kier molecular flexibility index (Phi) is 3.26. The molecule has 1 fully saturated rings. The van der Waals surface area contributed by atoms with Crippen molar-refractivity contribution < 1.29 is 14.2 Å².